The second-order valence-electron chi connectivity index (χ2n) is 8.84. The van der Waals surface area contributed by atoms with Crippen molar-refractivity contribution in [2.24, 2.45) is 0 Å². The van der Waals surface area contributed by atoms with Crippen LogP contribution in [0.25, 0.3) is 21.0 Å². The summed E-state index contributed by atoms with van der Waals surface area (Å²) in [5.74, 6) is 0.861. The molecule has 5 aromatic rings. The molecule has 0 saturated heterocycles. The predicted molar refractivity (Wildman–Crippen MR) is 143 cm³/mol. The molecular formula is C27H22N6O2S. The summed E-state index contributed by atoms with van der Waals surface area (Å²) in [6.45, 7) is 2.01. The Bertz CT molecular complexity index is 1690. The number of carbonyl (C=O) groups is 2. The van der Waals surface area contributed by atoms with Gasteiger partial charge in [0.15, 0.2) is 5.78 Å². The lowest BCUT2D eigenvalue weighted by atomic mass is 9.89. The molecule has 6 rings (SSSR count). The number of pyridine rings is 1. The number of rotatable bonds is 4. The van der Waals surface area contributed by atoms with Crippen LogP contribution in [0.15, 0.2) is 53.9 Å². The quantitative estimate of drug-likeness (QED) is 0.295. The number of benzene rings is 2. The van der Waals surface area contributed by atoms with Crippen molar-refractivity contribution in [3.05, 3.63) is 76.4 Å². The van der Waals surface area contributed by atoms with E-state index in [4.69, 9.17) is 10.7 Å². The maximum absolute atomic E-state index is 13.2. The van der Waals surface area contributed by atoms with Gasteiger partial charge in [-0.05, 0) is 54.3 Å². The highest BCUT2D eigenvalue weighted by Gasteiger charge is 2.21. The average molecular weight is 495 g/mol. The summed E-state index contributed by atoms with van der Waals surface area (Å²) in [4.78, 5) is 38.8. The van der Waals surface area contributed by atoms with Gasteiger partial charge >= 0.3 is 0 Å². The maximum Gasteiger partial charge on any atom is 0.294 e. The van der Waals surface area contributed by atoms with Crippen molar-refractivity contribution >= 4 is 67.2 Å². The lowest BCUT2D eigenvalue weighted by molar-refractivity contribution is 0.0971. The zero-order chi connectivity index (χ0) is 24.8. The minimum Gasteiger partial charge on any atom is -0.382 e. The van der Waals surface area contributed by atoms with Crippen LogP contribution in [-0.4, -0.2) is 26.6 Å². The predicted octanol–water partition coefficient (Wildman–Crippen LogP) is 5.65. The number of nitrogens with one attached hydrogen (secondary N) is 2. The van der Waals surface area contributed by atoms with E-state index in [0.29, 0.717) is 23.6 Å². The summed E-state index contributed by atoms with van der Waals surface area (Å²) in [6.07, 6.45) is 2.22. The number of thiophene rings is 1. The molecule has 8 nitrogen and oxygen atoms in total. The number of anilines is 4. The fourth-order valence-corrected chi connectivity index (χ4v) is 5.35. The van der Waals surface area contributed by atoms with Crippen LogP contribution >= 0.6 is 11.3 Å². The molecule has 2 aromatic carbocycles. The molecule has 0 radical (unpaired) electrons. The Morgan fingerprint density at radius 3 is 2.83 bits per heavy atom. The van der Waals surface area contributed by atoms with Gasteiger partial charge < -0.3 is 16.4 Å². The van der Waals surface area contributed by atoms with Crippen molar-refractivity contribution in [3.63, 3.8) is 0 Å². The van der Waals surface area contributed by atoms with Crippen molar-refractivity contribution in [2.75, 3.05) is 16.4 Å². The van der Waals surface area contributed by atoms with E-state index in [1.807, 2.05) is 54.8 Å². The largest absolute Gasteiger partial charge is 0.382 e. The van der Waals surface area contributed by atoms with E-state index >= 15 is 0 Å². The SMILES string of the molecule is Cc1ccc2c(NC(=O)c3nc(N)c4sccc4n3)nc(Nc3cccc4c3CCCC4=O)cc2c1. The van der Waals surface area contributed by atoms with E-state index < -0.39 is 5.91 Å². The summed E-state index contributed by atoms with van der Waals surface area (Å²) >= 11 is 1.43. The third kappa shape index (κ3) is 3.93. The van der Waals surface area contributed by atoms with Crippen molar-refractivity contribution in [3.8, 4) is 0 Å². The Morgan fingerprint density at radius 1 is 1.06 bits per heavy atom. The normalized spacial score (nSPS) is 13.1. The maximum atomic E-state index is 13.2. The molecule has 4 N–H and O–H groups in total. The minimum absolute atomic E-state index is 0.0190. The molecule has 1 aliphatic carbocycles. The van der Waals surface area contributed by atoms with E-state index in [1.54, 1.807) is 6.07 Å². The number of fused-ring (bicyclic) bond motifs is 3. The highest BCUT2D eigenvalue weighted by molar-refractivity contribution is 7.17. The van der Waals surface area contributed by atoms with Gasteiger partial charge in [-0.15, -0.1) is 11.3 Å². The van der Waals surface area contributed by atoms with Crippen LogP contribution in [-0.2, 0) is 6.42 Å². The summed E-state index contributed by atoms with van der Waals surface area (Å²) in [6, 6.07) is 15.4. The molecular weight excluding hydrogens is 472 g/mol. The van der Waals surface area contributed by atoms with Gasteiger partial charge in [-0.2, -0.15) is 0 Å². The number of nitrogens with two attached hydrogens (primary N) is 1. The van der Waals surface area contributed by atoms with Crippen LogP contribution in [0, 0.1) is 6.92 Å². The molecule has 3 aromatic heterocycles. The molecule has 36 heavy (non-hydrogen) atoms. The zero-order valence-electron chi connectivity index (χ0n) is 19.5. The van der Waals surface area contributed by atoms with Crippen LogP contribution in [0.4, 0.5) is 23.1 Å². The second-order valence-corrected chi connectivity index (χ2v) is 9.75. The van der Waals surface area contributed by atoms with Gasteiger partial charge in [0.05, 0.1) is 10.2 Å². The Morgan fingerprint density at radius 2 is 1.94 bits per heavy atom. The number of hydrogen-bond acceptors (Lipinski definition) is 8. The van der Waals surface area contributed by atoms with E-state index in [-0.39, 0.29) is 17.4 Å². The molecule has 9 heteroatoms. The summed E-state index contributed by atoms with van der Waals surface area (Å²) < 4.78 is 0.751. The Balaban J connectivity index is 1.40. The van der Waals surface area contributed by atoms with E-state index in [0.717, 1.165) is 50.7 Å². The number of amides is 1. The average Bonchev–Trinajstić information content (AvgIpc) is 3.34. The van der Waals surface area contributed by atoms with Crippen molar-refractivity contribution in [1.29, 1.82) is 0 Å². The van der Waals surface area contributed by atoms with Crippen LogP contribution in [0.1, 0.15) is 44.9 Å². The first kappa shape index (κ1) is 22.1. The second kappa shape index (κ2) is 8.69. The van der Waals surface area contributed by atoms with Gasteiger partial charge in [0, 0.05) is 23.1 Å². The fraction of sp³-hybridized carbons (Fsp3) is 0.148. The molecule has 3 heterocycles. The van der Waals surface area contributed by atoms with Crippen LogP contribution in [0.5, 0.6) is 0 Å². The first-order valence-electron chi connectivity index (χ1n) is 11.6. The number of hydrogen-bond donors (Lipinski definition) is 3. The van der Waals surface area contributed by atoms with Crippen molar-refractivity contribution in [2.45, 2.75) is 26.2 Å². The number of aromatic nitrogens is 3. The number of nitrogen functional groups attached to an aromatic ring is 1. The monoisotopic (exact) mass is 494 g/mol. The van der Waals surface area contributed by atoms with E-state index in [1.165, 1.54) is 11.3 Å². The lowest BCUT2D eigenvalue weighted by Crippen LogP contribution is -2.18. The molecule has 0 atom stereocenters. The Kier molecular flexibility index (Phi) is 5.34. The van der Waals surface area contributed by atoms with Gasteiger partial charge in [0.1, 0.15) is 17.5 Å². The number of aryl methyl sites for hydroxylation is 1. The Hall–Kier alpha value is -4.37. The first-order valence-corrected chi connectivity index (χ1v) is 12.5. The van der Waals surface area contributed by atoms with Gasteiger partial charge in [0.25, 0.3) is 5.91 Å². The topological polar surface area (TPSA) is 123 Å². The molecule has 0 saturated carbocycles. The third-order valence-corrected chi connectivity index (χ3v) is 7.25. The van der Waals surface area contributed by atoms with Crippen LogP contribution < -0.4 is 16.4 Å². The number of Topliss-reactive ketones (excluding diaryl/α,β-unsaturated/α-hetero) is 1. The zero-order valence-corrected chi connectivity index (χ0v) is 20.3. The fourth-order valence-electron chi connectivity index (χ4n) is 4.62. The molecule has 0 spiro atoms. The summed E-state index contributed by atoms with van der Waals surface area (Å²) in [7, 11) is 0. The molecule has 0 bridgehead atoms. The van der Waals surface area contributed by atoms with E-state index in [9.17, 15) is 9.59 Å². The third-order valence-electron chi connectivity index (χ3n) is 6.32. The molecule has 0 aliphatic heterocycles. The lowest BCUT2D eigenvalue weighted by Gasteiger charge is -2.19. The Labute approximate surface area is 210 Å². The molecule has 1 amide bonds. The first-order chi connectivity index (χ1) is 17.5. The summed E-state index contributed by atoms with van der Waals surface area (Å²) in [5, 5.41) is 9.82. The molecule has 1 aliphatic rings. The van der Waals surface area contributed by atoms with Crippen molar-refractivity contribution in [1.82, 2.24) is 15.0 Å². The molecule has 178 valence electrons. The molecule has 0 unspecified atom stereocenters. The van der Waals surface area contributed by atoms with Crippen LogP contribution in [0.3, 0.4) is 0 Å². The summed E-state index contributed by atoms with van der Waals surface area (Å²) in [5.41, 5.74) is 10.4. The number of ketones is 1. The highest BCUT2D eigenvalue weighted by Crippen LogP contribution is 2.32. The standard InChI is InChI=1S/C27H22N6O2S/c1-14-8-9-16-15(12-14)13-22(29-19-6-2-5-18-17(19)4-3-7-21(18)34)31-25(16)33-27(35)26-30-20-10-11-36-23(20)24(28)32-26/h2,5-6,8-13H,3-4,7H2,1H3,(H2,28,30,32)(H2,29,31,33,35). The van der Waals surface area contributed by atoms with Gasteiger partial charge in [0.2, 0.25) is 5.82 Å². The van der Waals surface area contributed by atoms with Gasteiger partial charge in [-0.25, -0.2) is 15.0 Å². The number of nitrogens with zero attached hydrogens (tertiary/aromatic N) is 3. The van der Waals surface area contributed by atoms with Crippen LogP contribution in [0.2, 0.25) is 0 Å². The smallest absolute Gasteiger partial charge is 0.294 e. The highest BCUT2D eigenvalue weighted by atomic mass is 32.1. The van der Waals surface area contributed by atoms with Gasteiger partial charge in [-0.3, -0.25) is 9.59 Å². The van der Waals surface area contributed by atoms with E-state index in [2.05, 4.69) is 20.6 Å². The molecule has 0 fully saturated rings. The van der Waals surface area contributed by atoms with Gasteiger partial charge in [-0.1, -0.05) is 35.9 Å². The van der Waals surface area contributed by atoms with Crippen molar-refractivity contribution < 1.29 is 9.59 Å². The number of carbonyl (C=O) groups excluding carboxylic acids is 2. The minimum atomic E-state index is -0.496.